The highest BCUT2D eigenvalue weighted by atomic mass is 32.2. The fraction of sp³-hybridized carbons (Fsp3) is 0.471. The SMILES string of the molecule is C#CCOc1ccc(C(=O)N2CCN3CCS(=O)(=O)CC3C2)cc1. The molecule has 6 nitrogen and oxygen atoms in total. The molecule has 3 rings (SSSR count). The first-order chi connectivity index (χ1) is 11.5. The van der Waals surface area contributed by atoms with E-state index in [-0.39, 0.29) is 30.1 Å². The minimum absolute atomic E-state index is 0.0823. The molecule has 0 spiro atoms. The van der Waals surface area contributed by atoms with Gasteiger partial charge in [-0.1, -0.05) is 5.92 Å². The molecule has 1 aromatic rings. The van der Waals surface area contributed by atoms with Gasteiger partial charge in [0.25, 0.3) is 5.91 Å². The minimum atomic E-state index is -2.99. The lowest BCUT2D eigenvalue weighted by atomic mass is 10.1. The van der Waals surface area contributed by atoms with Crippen molar-refractivity contribution in [1.29, 1.82) is 0 Å². The summed E-state index contributed by atoms with van der Waals surface area (Å²) in [6, 6.07) is 6.74. The largest absolute Gasteiger partial charge is 0.481 e. The topological polar surface area (TPSA) is 66.9 Å². The number of benzene rings is 1. The summed E-state index contributed by atoms with van der Waals surface area (Å²) in [5.41, 5.74) is 0.565. The van der Waals surface area contributed by atoms with Gasteiger partial charge in [0.1, 0.15) is 12.4 Å². The monoisotopic (exact) mass is 348 g/mol. The van der Waals surface area contributed by atoms with E-state index in [1.54, 1.807) is 29.2 Å². The maximum absolute atomic E-state index is 12.6. The Hall–Kier alpha value is -2.04. The molecule has 24 heavy (non-hydrogen) atoms. The Morgan fingerprint density at radius 2 is 2.00 bits per heavy atom. The molecule has 1 atom stereocenters. The number of terminal acetylenes is 1. The van der Waals surface area contributed by atoms with Crippen molar-refractivity contribution < 1.29 is 17.9 Å². The van der Waals surface area contributed by atoms with Gasteiger partial charge in [0.15, 0.2) is 9.84 Å². The Balaban J connectivity index is 1.66. The highest BCUT2D eigenvalue weighted by molar-refractivity contribution is 7.91. The molecule has 0 saturated carbocycles. The summed E-state index contributed by atoms with van der Waals surface area (Å²) in [5.74, 6) is 3.28. The molecule has 7 heteroatoms. The van der Waals surface area contributed by atoms with Crippen LogP contribution >= 0.6 is 0 Å². The van der Waals surface area contributed by atoms with Gasteiger partial charge in [0, 0.05) is 37.8 Å². The molecule has 1 amide bonds. The van der Waals surface area contributed by atoms with E-state index in [0.29, 0.717) is 30.9 Å². The van der Waals surface area contributed by atoms with E-state index in [1.807, 2.05) is 0 Å². The molecule has 0 radical (unpaired) electrons. The van der Waals surface area contributed by atoms with Crippen molar-refractivity contribution >= 4 is 15.7 Å². The van der Waals surface area contributed by atoms with E-state index in [9.17, 15) is 13.2 Å². The predicted octanol–water partition coefficient (Wildman–Crippen LogP) is 0.253. The lowest BCUT2D eigenvalue weighted by molar-refractivity contribution is 0.0521. The van der Waals surface area contributed by atoms with Crippen molar-refractivity contribution in [3.8, 4) is 18.1 Å². The summed E-state index contributed by atoms with van der Waals surface area (Å²) in [7, 11) is -2.99. The van der Waals surface area contributed by atoms with E-state index in [1.165, 1.54) is 0 Å². The van der Waals surface area contributed by atoms with Gasteiger partial charge >= 0.3 is 0 Å². The van der Waals surface area contributed by atoms with Gasteiger partial charge in [-0.05, 0) is 24.3 Å². The van der Waals surface area contributed by atoms with Gasteiger partial charge < -0.3 is 9.64 Å². The number of carbonyl (C=O) groups excluding carboxylic acids is 1. The summed E-state index contributed by atoms with van der Waals surface area (Å²) in [4.78, 5) is 16.5. The van der Waals surface area contributed by atoms with Crippen molar-refractivity contribution in [1.82, 2.24) is 9.80 Å². The van der Waals surface area contributed by atoms with Crippen LogP contribution in [0.3, 0.4) is 0 Å². The Kier molecular flexibility index (Phi) is 4.78. The van der Waals surface area contributed by atoms with Crippen LogP contribution in [0.25, 0.3) is 0 Å². The van der Waals surface area contributed by atoms with E-state index in [2.05, 4.69) is 10.8 Å². The average Bonchev–Trinajstić information content (AvgIpc) is 2.58. The second kappa shape index (κ2) is 6.83. The molecule has 2 aliphatic rings. The van der Waals surface area contributed by atoms with E-state index < -0.39 is 9.84 Å². The lowest BCUT2D eigenvalue weighted by Crippen LogP contribution is -2.60. The van der Waals surface area contributed by atoms with Gasteiger partial charge in [0.05, 0.1) is 11.5 Å². The molecule has 1 unspecified atom stereocenters. The van der Waals surface area contributed by atoms with Crippen molar-refractivity contribution in [2.75, 3.05) is 44.3 Å². The minimum Gasteiger partial charge on any atom is -0.481 e. The predicted molar refractivity (Wildman–Crippen MR) is 90.7 cm³/mol. The second-order valence-corrected chi connectivity index (χ2v) is 8.30. The molecule has 1 aromatic carbocycles. The number of hydrogen-bond donors (Lipinski definition) is 0. The Morgan fingerprint density at radius 1 is 1.25 bits per heavy atom. The molecule has 128 valence electrons. The summed E-state index contributed by atoms with van der Waals surface area (Å²) < 4.78 is 28.9. The van der Waals surface area contributed by atoms with E-state index in [4.69, 9.17) is 11.2 Å². The fourth-order valence-electron chi connectivity index (χ4n) is 3.16. The second-order valence-electron chi connectivity index (χ2n) is 6.07. The molecular weight excluding hydrogens is 328 g/mol. The standard InChI is InChI=1S/C17H20N2O4S/c1-2-10-23-16-5-3-14(4-6-16)17(20)19-8-7-18-9-11-24(21,22)13-15(18)12-19/h1,3-6,15H,7-13H2. The Bertz CT molecular complexity index is 752. The summed E-state index contributed by atoms with van der Waals surface area (Å²) in [6.45, 7) is 2.54. The zero-order valence-corrected chi connectivity index (χ0v) is 14.2. The van der Waals surface area contributed by atoms with Crippen LogP contribution in [0.4, 0.5) is 0 Å². The molecule has 0 aliphatic carbocycles. The van der Waals surface area contributed by atoms with Gasteiger partial charge in [-0.15, -0.1) is 6.42 Å². The summed E-state index contributed by atoms with van der Waals surface area (Å²) in [6.07, 6.45) is 5.14. The first-order valence-electron chi connectivity index (χ1n) is 7.88. The van der Waals surface area contributed by atoms with Crippen LogP contribution < -0.4 is 4.74 Å². The Morgan fingerprint density at radius 3 is 2.71 bits per heavy atom. The molecule has 0 N–H and O–H groups in total. The zero-order valence-electron chi connectivity index (χ0n) is 13.3. The van der Waals surface area contributed by atoms with Crippen molar-refractivity contribution in [2.45, 2.75) is 6.04 Å². The molecule has 2 heterocycles. The van der Waals surface area contributed by atoms with Crippen LogP contribution in [-0.4, -0.2) is 74.5 Å². The Labute approximate surface area is 142 Å². The van der Waals surface area contributed by atoms with Crippen molar-refractivity contribution in [3.63, 3.8) is 0 Å². The van der Waals surface area contributed by atoms with Crippen LogP contribution in [0.5, 0.6) is 5.75 Å². The van der Waals surface area contributed by atoms with Crippen molar-refractivity contribution in [2.24, 2.45) is 0 Å². The normalized spacial score (nSPS) is 23.1. The number of carbonyl (C=O) groups is 1. The van der Waals surface area contributed by atoms with Crippen LogP contribution in [0.15, 0.2) is 24.3 Å². The third-order valence-electron chi connectivity index (χ3n) is 4.45. The molecular formula is C17H20N2O4S. The average molecular weight is 348 g/mol. The number of piperazine rings is 1. The molecule has 0 bridgehead atoms. The lowest BCUT2D eigenvalue weighted by Gasteiger charge is -2.43. The quantitative estimate of drug-likeness (QED) is 0.733. The summed E-state index contributed by atoms with van der Waals surface area (Å²) in [5, 5.41) is 0. The van der Waals surface area contributed by atoms with Crippen molar-refractivity contribution in [3.05, 3.63) is 29.8 Å². The van der Waals surface area contributed by atoms with Gasteiger partial charge in [-0.3, -0.25) is 9.69 Å². The van der Waals surface area contributed by atoms with Crippen LogP contribution in [0.2, 0.25) is 0 Å². The zero-order chi connectivity index (χ0) is 17.2. The smallest absolute Gasteiger partial charge is 0.253 e. The van der Waals surface area contributed by atoms with E-state index in [0.717, 1.165) is 6.54 Å². The van der Waals surface area contributed by atoms with E-state index >= 15 is 0 Å². The number of amides is 1. The third-order valence-corrected chi connectivity index (χ3v) is 6.15. The number of nitrogens with zero attached hydrogens (tertiary/aromatic N) is 2. The van der Waals surface area contributed by atoms with Gasteiger partial charge in [0.2, 0.25) is 0 Å². The maximum atomic E-state index is 12.6. The third kappa shape index (κ3) is 3.71. The fourth-order valence-corrected chi connectivity index (χ4v) is 4.75. The van der Waals surface area contributed by atoms with Gasteiger partial charge in [-0.2, -0.15) is 0 Å². The number of rotatable bonds is 3. The first-order valence-corrected chi connectivity index (χ1v) is 9.71. The molecule has 2 aliphatic heterocycles. The van der Waals surface area contributed by atoms with Crippen LogP contribution in [0, 0.1) is 12.3 Å². The molecule has 2 fully saturated rings. The first kappa shape index (κ1) is 16.8. The summed E-state index contributed by atoms with van der Waals surface area (Å²) >= 11 is 0. The molecule has 0 aromatic heterocycles. The molecule has 2 saturated heterocycles. The number of fused-ring (bicyclic) bond motifs is 1. The number of ether oxygens (including phenoxy) is 1. The van der Waals surface area contributed by atoms with Crippen LogP contribution in [0.1, 0.15) is 10.4 Å². The highest BCUT2D eigenvalue weighted by Gasteiger charge is 2.36. The number of sulfone groups is 1. The number of hydrogen-bond acceptors (Lipinski definition) is 5. The highest BCUT2D eigenvalue weighted by Crippen LogP contribution is 2.20. The van der Waals surface area contributed by atoms with Crippen LogP contribution in [-0.2, 0) is 9.84 Å². The maximum Gasteiger partial charge on any atom is 0.253 e. The van der Waals surface area contributed by atoms with Gasteiger partial charge in [-0.25, -0.2) is 8.42 Å².